The summed E-state index contributed by atoms with van der Waals surface area (Å²) in [4.78, 5) is 18.3. The Bertz CT molecular complexity index is 3100. The van der Waals surface area contributed by atoms with Crippen molar-refractivity contribution in [3.05, 3.63) is 103 Å². The van der Waals surface area contributed by atoms with Crippen LogP contribution in [0.2, 0.25) is 0 Å². The van der Waals surface area contributed by atoms with Gasteiger partial charge in [-0.3, -0.25) is 9.36 Å². The lowest BCUT2D eigenvalue weighted by molar-refractivity contribution is -0.163. The number of aliphatic hydroxyl groups excluding tert-OH is 1. The van der Waals surface area contributed by atoms with Crippen molar-refractivity contribution < 1.29 is 19.3 Å². The molecule has 10 aromatic heterocycles. The van der Waals surface area contributed by atoms with Gasteiger partial charge in [-0.1, -0.05) is 10.4 Å². The van der Waals surface area contributed by atoms with Gasteiger partial charge in [-0.05, 0) is 60.7 Å². The van der Waals surface area contributed by atoms with E-state index in [0.29, 0.717) is 66.8 Å². The lowest BCUT2D eigenvalue weighted by atomic mass is 10.2. The van der Waals surface area contributed by atoms with Crippen LogP contribution in [0.3, 0.4) is 0 Å². The fourth-order valence-electron chi connectivity index (χ4n) is 7.13. The first kappa shape index (κ1) is 38.6. The second-order valence-corrected chi connectivity index (χ2v) is 14.5. The standard InChI is InChI=1S/C22H23N9O2.C18H17N9O2/c1-2-9-32-20(3-1)33-10-8-29-15-17(12-25-29)19-13-23-21-22(26-19)31(28-27-21)14-16-5-7-30-18(11-16)4-6-24-30;1-29-16-9-21-26-3-2-12(6-15(16)26)10-27-18-17(23-24-27)19-8-14(22-18)13-7-20-25(11-13)4-5-28/h4-7,11-13,15,20H,1-3,8-10,14H2;2-3,6-9,11,28H,4-5,10H2,1H3. The van der Waals surface area contributed by atoms with Gasteiger partial charge in [0.2, 0.25) is 11.3 Å². The Morgan fingerprint density at radius 1 is 0.742 bits per heavy atom. The number of rotatable bonds is 13. The van der Waals surface area contributed by atoms with Crippen molar-refractivity contribution in [2.45, 2.75) is 51.7 Å². The van der Waals surface area contributed by atoms with Crippen LogP contribution in [0.4, 0.5) is 0 Å². The number of pyridine rings is 2. The summed E-state index contributed by atoms with van der Waals surface area (Å²) in [6.07, 6.45) is 21.0. The second-order valence-electron chi connectivity index (χ2n) is 14.5. The maximum absolute atomic E-state index is 9.05. The number of hydrogen-bond donors (Lipinski definition) is 1. The van der Waals surface area contributed by atoms with E-state index >= 15 is 0 Å². The molecule has 1 aliphatic rings. The van der Waals surface area contributed by atoms with Crippen LogP contribution in [0.5, 0.6) is 5.75 Å². The average molecular weight is 837 g/mol. The molecule has 62 heavy (non-hydrogen) atoms. The minimum Gasteiger partial charge on any atom is -0.493 e. The van der Waals surface area contributed by atoms with Gasteiger partial charge in [0.25, 0.3) is 0 Å². The van der Waals surface area contributed by atoms with Crippen LogP contribution >= 0.6 is 0 Å². The van der Waals surface area contributed by atoms with Gasteiger partial charge in [0.15, 0.2) is 23.3 Å². The molecule has 0 aromatic carbocycles. The molecule has 314 valence electrons. The van der Waals surface area contributed by atoms with Gasteiger partial charge >= 0.3 is 0 Å². The zero-order chi connectivity index (χ0) is 41.8. The van der Waals surface area contributed by atoms with Crippen LogP contribution in [0.25, 0.3) is 56.1 Å². The predicted octanol–water partition coefficient (Wildman–Crippen LogP) is 3.11. The number of nitrogens with zero attached hydrogens (tertiary/aromatic N) is 18. The SMILES string of the molecule is COc1cnn2ccc(Cn3nnc4ncc(-c5cnn(CCO)c5)nc43)cc12.c1cc2cc(Cn3nnc4ncc(-c5cnn(CCOC6CCCCO6)c5)nc43)ccn2n1. The molecule has 1 N–H and O–H groups in total. The molecular weight excluding hydrogens is 797 g/mol. The highest BCUT2D eigenvalue weighted by molar-refractivity contribution is 5.71. The molecule has 10 aromatic rings. The van der Waals surface area contributed by atoms with Crippen LogP contribution in [0.1, 0.15) is 30.4 Å². The third-order valence-corrected chi connectivity index (χ3v) is 10.3. The third-order valence-electron chi connectivity index (χ3n) is 10.3. The highest BCUT2D eigenvalue weighted by Crippen LogP contribution is 2.23. The maximum atomic E-state index is 9.05. The molecule has 0 bridgehead atoms. The summed E-state index contributed by atoms with van der Waals surface area (Å²) in [5.74, 6) is 0.706. The van der Waals surface area contributed by atoms with E-state index in [-0.39, 0.29) is 12.9 Å². The van der Waals surface area contributed by atoms with Crippen molar-refractivity contribution >= 4 is 33.6 Å². The Kier molecular flexibility index (Phi) is 10.7. The average Bonchev–Trinajstić information content (AvgIpc) is 4.18. The van der Waals surface area contributed by atoms with Gasteiger partial charge < -0.3 is 19.3 Å². The van der Waals surface area contributed by atoms with Gasteiger partial charge in [0, 0.05) is 48.7 Å². The number of fused-ring (bicyclic) bond motifs is 4. The summed E-state index contributed by atoms with van der Waals surface area (Å²) in [5.41, 5.74) is 9.26. The van der Waals surface area contributed by atoms with E-state index in [1.54, 1.807) is 62.9 Å². The van der Waals surface area contributed by atoms with E-state index in [9.17, 15) is 0 Å². The highest BCUT2D eigenvalue weighted by atomic mass is 16.7. The van der Waals surface area contributed by atoms with E-state index in [0.717, 1.165) is 64.9 Å². The molecule has 22 nitrogen and oxygen atoms in total. The number of aliphatic hydroxyl groups is 1. The lowest BCUT2D eigenvalue weighted by Crippen LogP contribution is -2.24. The number of hydrogen-bond acceptors (Lipinski definition) is 16. The molecule has 1 aliphatic heterocycles. The molecular formula is C40H40N18O4. The minimum absolute atomic E-state index is 0.0227. The van der Waals surface area contributed by atoms with Gasteiger partial charge in [0.05, 0.1) is 94.4 Å². The van der Waals surface area contributed by atoms with E-state index in [2.05, 4.69) is 62.0 Å². The zero-order valence-corrected chi connectivity index (χ0v) is 33.5. The number of methoxy groups -OCH3 is 1. The monoisotopic (exact) mass is 836 g/mol. The normalized spacial score (nSPS) is 14.3. The van der Waals surface area contributed by atoms with Gasteiger partial charge in [-0.25, -0.2) is 38.3 Å². The Labute approximate surface area is 351 Å². The molecule has 1 atom stereocenters. The fourth-order valence-corrected chi connectivity index (χ4v) is 7.13. The molecule has 1 unspecified atom stereocenters. The van der Waals surface area contributed by atoms with E-state index in [1.807, 2.05) is 58.3 Å². The topological polar surface area (TPSA) is 231 Å². The molecule has 0 amide bonds. The summed E-state index contributed by atoms with van der Waals surface area (Å²) in [6.45, 7) is 3.44. The van der Waals surface area contributed by atoms with Crippen LogP contribution in [0, 0.1) is 0 Å². The highest BCUT2D eigenvalue weighted by Gasteiger charge is 2.16. The Balaban J connectivity index is 0.000000149. The molecule has 0 radical (unpaired) electrons. The van der Waals surface area contributed by atoms with Crippen molar-refractivity contribution in [2.75, 3.05) is 26.9 Å². The van der Waals surface area contributed by atoms with Crippen molar-refractivity contribution in [1.82, 2.24) is 88.7 Å². The molecule has 11 rings (SSSR count). The number of aromatic nitrogens is 18. The first-order valence-corrected chi connectivity index (χ1v) is 20.0. The summed E-state index contributed by atoms with van der Waals surface area (Å²) in [5, 5.41) is 42.9. The molecule has 1 saturated heterocycles. The van der Waals surface area contributed by atoms with Crippen LogP contribution in [0.15, 0.2) is 92.3 Å². The minimum atomic E-state index is -0.0930. The Morgan fingerprint density at radius 2 is 1.42 bits per heavy atom. The van der Waals surface area contributed by atoms with Crippen molar-refractivity contribution in [3.63, 3.8) is 0 Å². The molecule has 0 spiro atoms. The molecule has 11 heterocycles. The first-order chi connectivity index (χ1) is 30.6. The van der Waals surface area contributed by atoms with E-state index in [1.165, 1.54) is 0 Å². The van der Waals surface area contributed by atoms with Crippen LogP contribution in [-0.2, 0) is 35.7 Å². The van der Waals surface area contributed by atoms with Crippen LogP contribution in [-0.4, -0.2) is 127 Å². The van der Waals surface area contributed by atoms with Gasteiger partial charge in [0.1, 0.15) is 5.52 Å². The van der Waals surface area contributed by atoms with Crippen LogP contribution < -0.4 is 4.74 Å². The quantitative estimate of drug-likeness (QED) is 0.176. The zero-order valence-electron chi connectivity index (χ0n) is 33.5. The first-order valence-electron chi connectivity index (χ1n) is 20.0. The summed E-state index contributed by atoms with van der Waals surface area (Å²) < 4.78 is 27.3. The summed E-state index contributed by atoms with van der Waals surface area (Å²) >= 11 is 0. The molecule has 0 aliphatic carbocycles. The van der Waals surface area contributed by atoms with E-state index < -0.39 is 0 Å². The van der Waals surface area contributed by atoms with Gasteiger partial charge in [-0.15, -0.1) is 10.2 Å². The Morgan fingerprint density at radius 3 is 2.08 bits per heavy atom. The molecule has 0 saturated carbocycles. The van der Waals surface area contributed by atoms with Crippen molar-refractivity contribution in [2.24, 2.45) is 0 Å². The van der Waals surface area contributed by atoms with Gasteiger partial charge in [-0.2, -0.15) is 20.4 Å². The largest absolute Gasteiger partial charge is 0.493 e. The smallest absolute Gasteiger partial charge is 0.221 e. The van der Waals surface area contributed by atoms with Crippen molar-refractivity contribution in [1.29, 1.82) is 0 Å². The lowest BCUT2D eigenvalue weighted by Gasteiger charge is -2.22. The van der Waals surface area contributed by atoms with Crippen molar-refractivity contribution in [3.8, 4) is 28.3 Å². The fraction of sp³-hybridized carbons (Fsp3) is 0.300. The molecule has 22 heteroatoms. The second kappa shape index (κ2) is 17.2. The summed E-state index contributed by atoms with van der Waals surface area (Å²) in [6, 6.07) is 10.0. The predicted molar refractivity (Wildman–Crippen MR) is 220 cm³/mol. The summed E-state index contributed by atoms with van der Waals surface area (Å²) in [7, 11) is 1.62. The molecule has 1 fully saturated rings. The number of ether oxygens (including phenoxy) is 3. The Hall–Kier alpha value is -7.56. The van der Waals surface area contributed by atoms with E-state index in [4.69, 9.17) is 24.3 Å². The maximum Gasteiger partial charge on any atom is 0.221 e. The third kappa shape index (κ3) is 8.16.